The van der Waals surface area contributed by atoms with E-state index in [4.69, 9.17) is 4.42 Å². The number of nitrogens with one attached hydrogen (secondary N) is 3. The number of carbonyl (C=O) groups is 3. The molecule has 0 atom stereocenters. The van der Waals surface area contributed by atoms with Gasteiger partial charge in [0.1, 0.15) is 5.76 Å². The van der Waals surface area contributed by atoms with Crippen molar-refractivity contribution in [3.05, 3.63) is 59.5 Å². The van der Waals surface area contributed by atoms with E-state index >= 15 is 0 Å². The van der Waals surface area contributed by atoms with Gasteiger partial charge >= 0.3 is 11.8 Å². The highest BCUT2D eigenvalue weighted by Crippen LogP contribution is 2.09. The topological polar surface area (TPSA) is 100 Å². The van der Waals surface area contributed by atoms with Crippen LogP contribution in [0.2, 0.25) is 0 Å². The van der Waals surface area contributed by atoms with Crippen LogP contribution in [-0.2, 0) is 22.6 Å². The SMILES string of the molecule is CC(C)Cc1ccc(C(=O)NNC(=O)C(=O)NCc2ccco2)cc1. The molecule has 0 bridgehead atoms. The zero-order valence-electron chi connectivity index (χ0n) is 14.2. The van der Waals surface area contributed by atoms with E-state index in [2.05, 4.69) is 30.0 Å². The van der Waals surface area contributed by atoms with Gasteiger partial charge in [0.15, 0.2) is 0 Å². The Morgan fingerprint density at radius 3 is 2.32 bits per heavy atom. The standard InChI is InChI=1S/C18H21N3O4/c1-12(2)10-13-5-7-14(8-6-13)16(22)20-21-18(24)17(23)19-11-15-4-3-9-25-15/h3-9,12H,10-11H2,1-2H3,(H,19,23)(H,20,22)(H,21,24). The minimum atomic E-state index is -0.962. The molecule has 0 unspecified atom stereocenters. The highest BCUT2D eigenvalue weighted by Gasteiger charge is 2.15. The molecule has 0 aliphatic heterocycles. The zero-order chi connectivity index (χ0) is 18.2. The van der Waals surface area contributed by atoms with Gasteiger partial charge < -0.3 is 9.73 Å². The first kappa shape index (κ1) is 18.3. The summed E-state index contributed by atoms with van der Waals surface area (Å²) in [6, 6.07) is 10.4. The molecule has 2 aromatic rings. The number of rotatable bonds is 5. The van der Waals surface area contributed by atoms with Crippen LogP contribution in [0.5, 0.6) is 0 Å². The Bertz CT molecular complexity index is 721. The van der Waals surface area contributed by atoms with Crippen molar-refractivity contribution >= 4 is 17.7 Å². The molecule has 1 aromatic carbocycles. The molecule has 3 amide bonds. The van der Waals surface area contributed by atoms with Gasteiger partial charge in [-0.3, -0.25) is 25.2 Å². The van der Waals surface area contributed by atoms with Crippen molar-refractivity contribution in [1.82, 2.24) is 16.2 Å². The molecule has 0 saturated carbocycles. The maximum atomic E-state index is 12.0. The zero-order valence-corrected chi connectivity index (χ0v) is 14.2. The van der Waals surface area contributed by atoms with E-state index in [0.717, 1.165) is 12.0 Å². The van der Waals surface area contributed by atoms with E-state index in [-0.39, 0.29) is 6.54 Å². The van der Waals surface area contributed by atoms with Gasteiger partial charge in [-0.2, -0.15) is 0 Å². The minimum absolute atomic E-state index is 0.0878. The Kier molecular flexibility index (Phi) is 6.33. The maximum absolute atomic E-state index is 12.0. The first-order valence-electron chi connectivity index (χ1n) is 7.95. The van der Waals surface area contributed by atoms with Crippen molar-refractivity contribution in [3.8, 4) is 0 Å². The smallest absolute Gasteiger partial charge is 0.327 e. The monoisotopic (exact) mass is 343 g/mol. The van der Waals surface area contributed by atoms with Gasteiger partial charge in [0, 0.05) is 5.56 Å². The summed E-state index contributed by atoms with van der Waals surface area (Å²) in [6.45, 7) is 4.32. The van der Waals surface area contributed by atoms with E-state index in [1.165, 1.54) is 6.26 Å². The predicted octanol–water partition coefficient (Wildman–Crippen LogP) is 1.56. The lowest BCUT2D eigenvalue weighted by atomic mass is 10.0. The Balaban J connectivity index is 1.78. The Labute approximate surface area is 145 Å². The molecule has 3 N–H and O–H groups in total. The third-order valence-electron chi connectivity index (χ3n) is 3.36. The van der Waals surface area contributed by atoms with Gasteiger partial charge in [-0.25, -0.2) is 0 Å². The lowest BCUT2D eigenvalue weighted by molar-refractivity contribution is -0.139. The van der Waals surface area contributed by atoms with Gasteiger partial charge in [-0.15, -0.1) is 0 Å². The summed E-state index contributed by atoms with van der Waals surface area (Å²) in [5.74, 6) is -1.28. The molecule has 0 aliphatic carbocycles. The van der Waals surface area contributed by atoms with Crippen molar-refractivity contribution < 1.29 is 18.8 Å². The lowest BCUT2D eigenvalue weighted by Gasteiger charge is -2.09. The summed E-state index contributed by atoms with van der Waals surface area (Å²) in [4.78, 5) is 35.2. The second kappa shape index (κ2) is 8.68. The molecule has 2 rings (SSSR count). The molecule has 0 fully saturated rings. The number of hydrazine groups is 1. The molecule has 0 spiro atoms. The number of benzene rings is 1. The summed E-state index contributed by atoms with van der Waals surface area (Å²) < 4.78 is 5.04. The molecule has 132 valence electrons. The molecule has 1 aromatic heterocycles. The van der Waals surface area contributed by atoms with Crippen LogP contribution >= 0.6 is 0 Å². The fourth-order valence-corrected chi connectivity index (χ4v) is 2.17. The van der Waals surface area contributed by atoms with Gasteiger partial charge in [0.05, 0.1) is 12.8 Å². The van der Waals surface area contributed by atoms with E-state index in [1.807, 2.05) is 12.1 Å². The molecule has 7 nitrogen and oxygen atoms in total. The van der Waals surface area contributed by atoms with Gasteiger partial charge in [0.25, 0.3) is 5.91 Å². The fourth-order valence-electron chi connectivity index (χ4n) is 2.17. The lowest BCUT2D eigenvalue weighted by Crippen LogP contribution is -2.48. The highest BCUT2D eigenvalue weighted by molar-refractivity contribution is 6.35. The van der Waals surface area contributed by atoms with Crippen molar-refractivity contribution in [2.24, 2.45) is 5.92 Å². The largest absolute Gasteiger partial charge is 0.467 e. The second-order valence-electron chi connectivity index (χ2n) is 5.97. The average Bonchev–Trinajstić information content (AvgIpc) is 3.10. The van der Waals surface area contributed by atoms with Gasteiger partial charge in [0.2, 0.25) is 0 Å². The first-order valence-corrected chi connectivity index (χ1v) is 7.95. The summed E-state index contributed by atoms with van der Waals surface area (Å²) in [5, 5.41) is 2.38. The molecule has 25 heavy (non-hydrogen) atoms. The molecule has 0 saturated heterocycles. The number of hydrogen-bond donors (Lipinski definition) is 3. The number of amides is 3. The third-order valence-corrected chi connectivity index (χ3v) is 3.36. The average molecular weight is 343 g/mol. The maximum Gasteiger partial charge on any atom is 0.327 e. The van der Waals surface area contributed by atoms with Crippen molar-refractivity contribution in [1.29, 1.82) is 0 Å². The van der Waals surface area contributed by atoms with E-state index in [9.17, 15) is 14.4 Å². The molecule has 0 radical (unpaired) electrons. The summed E-state index contributed by atoms with van der Waals surface area (Å²) in [6.07, 6.45) is 2.39. The van der Waals surface area contributed by atoms with Crippen LogP contribution in [0.3, 0.4) is 0 Å². The fraction of sp³-hybridized carbons (Fsp3) is 0.278. The van der Waals surface area contributed by atoms with Crippen LogP contribution < -0.4 is 16.2 Å². The van der Waals surface area contributed by atoms with Crippen LogP contribution in [0.15, 0.2) is 47.1 Å². The van der Waals surface area contributed by atoms with Crippen LogP contribution in [0, 0.1) is 5.92 Å². The summed E-state index contributed by atoms with van der Waals surface area (Å²) in [5.41, 5.74) is 5.81. The van der Waals surface area contributed by atoms with Crippen molar-refractivity contribution in [2.75, 3.05) is 0 Å². The Morgan fingerprint density at radius 1 is 1.00 bits per heavy atom. The number of furan rings is 1. The van der Waals surface area contributed by atoms with Crippen molar-refractivity contribution in [2.45, 2.75) is 26.8 Å². The number of carbonyl (C=O) groups excluding carboxylic acids is 3. The van der Waals surface area contributed by atoms with Crippen molar-refractivity contribution in [3.63, 3.8) is 0 Å². The number of hydrogen-bond acceptors (Lipinski definition) is 4. The molecule has 7 heteroatoms. The Hall–Kier alpha value is -3.09. The van der Waals surface area contributed by atoms with Gasteiger partial charge in [-0.05, 0) is 42.2 Å². The van der Waals surface area contributed by atoms with E-state index < -0.39 is 17.7 Å². The predicted molar refractivity (Wildman–Crippen MR) is 91.1 cm³/mol. The minimum Gasteiger partial charge on any atom is -0.467 e. The molecular formula is C18H21N3O4. The molecular weight excluding hydrogens is 322 g/mol. The quantitative estimate of drug-likeness (QED) is 0.566. The first-order chi connectivity index (χ1) is 12.0. The van der Waals surface area contributed by atoms with Crippen LogP contribution in [0.1, 0.15) is 35.5 Å². The normalized spacial score (nSPS) is 10.4. The van der Waals surface area contributed by atoms with Gasteiger partial charge in [-0.1, -0.05) is 26.0 Å². The second-order valence-corrected chi connectivity index (χ2v) is 5.97. The van der Waals surface area contributed by atoms with E-state index in [1.54, 1.807) is 24.3 Å². The third kappa shape index (κ3) is 5.80. The molecule has 1 heterocycles. The highest BCUT2D eigenvalue weighted by atomic mass is 16.3. The Morgan fingerprint density at radius 2 is 1.72 bits per heavy atom. The van der Waals surface area contributed by atoms with Crippen LogP contribution in [0.4, 0.5) is 0 Å². The van der Waals surface area contributed by atoms with Crippen LogP contribution in [0.25, 0.3) is 0 Å². The summed E-state index contributed by atoms with van der Waals surface area (Å²) in [7, 11) is 0. The molecule has 0 aliphatic rings. The van der Waals surface area contributed by atoms with E-state index in [0.29, 0.717) is 17.2 Å². The van der Waals surface area contributed by atoms with Crippen LogP contribution in [-0.4, -0.2) is 17.7 Å². The summed E-state index contributed by atoms with van der Waals surface area (Å²) >= 11 is 0.